The summed E-state index contributed by atoms with van der Waals surface area (Å²) in [7, 11) is 6.46. The number of carbonyl (C=O) groups excluding carboxylic acids is 1. The SMILES string of the molecule is COc1ccc(C=CC(=O)N2CCCC2c2ccc(OC)cc2OC)c(OC)c1. The lowest BCUT2D eigenvalue weighted by Crippen LogP contribution is -2.29. The van der Waals surface area contributed by atoms with Gasteiger partial charge in [0.1, 0.15) is 23.0 Å². The standard InChI is InChI=1S/C23H27NO5/c1-26-17-9-7-16(21(14-17)28-3)8-12-23(25)24-13-5-6-20(24)19-11-10-18(27-2)15-22(19)29-4/h7-12,14-15,20H,5-6,13H2,1-4H3. The van der Waals surface area contributed by atoms with Gasteiger partial charge in [-0.3, -0.25) is 4.79 Å². The largest absolute Gasteiger partial charge is 0.497 e. The first-order valence-corrected chi connectivity index (χ1v) is 9.54. The summed E-state index contributed by atoms with van der Waals surface area (Å²) in [6, 6.07) is 11.2. The Kier molecular flexibility index (Phi) is 6.65. The summed E-state index contributed by atoms with van der Waals surface area (Å²) in [6.07, 6.45) is 5.22. The third-order valence-electron chi connectivity index (χ3n) is 5.18. The van der Waals surface area contributed by atoms with Crippen molar-refractivity contribution in [3.05, 3.63) is 53.6 Å². The van der Waals surface area contributed by atoms with E-state index in [4.69, 9.17) is 18.9 Å². The van der Waals surface area contributed by atoms with E-state index in [1.807, 2.05) is 35.2 Å². The number of hydrogen-bond acceptors (Lipinski definition) is 5. The van der Waals surface area contributed by atoms with Crippen molar-refractivity contribution in [2.75, 3.05) is 35.0 Å². The molecule has 0 aromatic heterocycles. The first-order chi connectivity index (χ1) is 14.1. The van der Waals surface area contributed by atoms with Crippen molar-refractivity contribution in [2.24, 2.45) is 0 Å². The van der Waals surface area contributed by atoms with Crippen LogP contribution in [0.3, 0.4) is 0 Å². The first-order valence-electron chi connectivity index (χ1n) is 9.54. The number of rotatable bonds is 7. The minimum atomic E-state index is -0.0387. The Bertz CT molecular complexity index is 893. The maximum absolute atomic E-state index is 13.0. The topological polar surface area (TPSA) is 57.2 Å². The molecular weight excluding hydrogens is 370 g/mol. The van der Waals surface area contributed by atoms with Crippen LogP contribution in [0.4, 0.5) is 0 Å². The molecule has 0 bridgehead atoms. The molecule has 2 aromatic carbocycles. The van der Waals surface area contributed by atoms with Crippen LogP contribution in [0.1, 0.15) is 30.0 Å². The molecule has 2 aromatic rings. The molecule has 3 rings (SSSR count). The molecule has 1 aliphatic heterocycles. The Morgan fingerprint density at radius 2 is 1.59 bits per heavy atom. The predicted octanol–water partition coefficient (Wildman–Crippen LogP) is 4.10. The lowest BCUT2D eigenvalue weighted by atomic mass is 10.0. The van der Waals surface area contributed by atoms with Crippen molar-refractivity contribution in [3.8, 4) is 23.0 Å². The Morgan fingerprint density at radius 1 is 0.931 bits per heavy atom. The smallest absolute Gasteiger partial charge is 0.247 e. The Morgan fingerprint density at radius 3 is 2.24 bits per heavy atom. The Balaban J connectivity index is 1.81. The lowest BCUT2D eigenvalue weighted by Gasteiger charge is -2.25. The molecule has 6 heteroatoms. The summed E-state index contributed by atoms with van der Waals surface area (Å²) in [6.45, 7) is 0.711. The summed E-state index contributed by atoms with van der Waals surface area (Å²) >= 11 is 0. The highest BCUT2D eigenvalue weighted by molar-refractivity contribution is 5.92. The van der Waals surface area contributed by atoms with Gasteiger partial charge in [0.2, 0.25) is 5.91 Å². The first kappa shape index (κ1) is 20.6. The highest BCUT2D eigenvalue weighted by Gasteiger charge is 2.31. The van der Waals surface area contributed by atoms with Gasteiger partial charge in [-0.15, -0.1) is 0 Å². The molecule has 0 aliphatic carbocycles. The molecule has 1 aliphatic rings. The number of amides is 1. The molecule has 1 fully saturated rings. The Labute approximate surface area is 171 Å². The van der Waals surface area contributed by atoms with Gasteiger partial charge in [-0.05, 0) is 43.2 Å². The fourth-order valence-corrected chi connectivity index (χ4v) is 3.66. The van der Waals surface area contributed by atoms with Crippen molar-refractivity contribution >= 4 is 12.0 Å². The lowest BCUT2D eigenvalue weighted by molar-refractivity contribution is -0.126. The summed E-state index contributed by atoms with van der Waals surface area (Å²) < 4.78 is 21.5. The van der Waals surface area contributed by atoms with Crippen molar-refractivity contribution in [2.45, 2.75) is 18.9 Å². The molecule has 0 saturated carbocycles. The average molecular weight is 397 g/mol. The number of benzene rings is 2. The number of carbonyl (C=O) groups is 1. The second kappa shape index (κ2) is 9.37. The second-order valence-electron chi connectivity index (χ2n) is 6.74. The molecule has 154 valence electrons. The van der Waals surface area contributed by atoms with Gasteiger partial charge in [-0.1, -0.05) is 0 Å². The van der Waals surface area contributed by atoms with E-state index in [2.05, 4.69) is 0 Å². The molecule has 1 unspecified atom stereocenters. The average Bonchev–Trinajstić information content (AvgIpc) is 3.26. The predicted molar refractivity (Wildman–Crippen MR) is 112 cm³/mol. The molecule has 29 heavy (non-hydrogen) atoms. The number of methoxy groups -OCH3 is 4. The monoisotopic (exact) mass is 397 g/mol. The summed E-state index contributed by atoms with van der Waals surface area (Å²) in [5.41, 5.74) is 1.81. The van der Waals surface area contributed by atoms with Crippen LogP contribution in [0, 0.1) is 0 Å². The highest BCUT2D eigenvalue weighted by Crippen LogP contribution is 2.39. The van der Waals surface area contributed by atoms with Crippen molar-refractivity contribution < 1.29 is 23.7 Å². The minimum absolute atomic E-state index is 0.0224. The third-order valence-corrected chi connectivity index (χ3v) is 5.18. The number of ether oxygens (including phenoxy) is 4. The second-order valence-corrected chi connectivity index (χ2v) is 6.74. The molecule has 0 radical (unpaired) electrons. The Hall–Kier alpha value is -3.15. The molecule has 1 atom stereocenters. The van der Waals surface area contributed by atoms with E-state index < -0.39 is 0 Å². The van der Waals surface area contributed by atoms with Gasteiger partial charge in [0.05, 0.1) is 34.5 Å². The van der Waals surface area contributed by atoms with Gasteiger partial charge in [0.15, 0.2) is 0 Å². The van der Waals surface area contributed by atoms with Gasteiger partial charge < -0.3 is 23.8 Å². The van der Waals surface area contributed by atoms with Gasteiger partial charge in [0.25, 0.3) is 0 Å². The van der Waals surface area contributed by atoms with Crippen LogP contribution in [-0.2, 0) is 4.79 Å². The van der Waals surface area contributed by atoms with Crippen LogP contribution >= 0.6 is 0 Å². The van der Waals surface area contributed by atoms with E-state index in [1.54, 1.807) is 46.7 Å². The fraction of sp³-hybridized carbons (Fsp3) is 0.348. The number of likely N-dealkylation sites (tertiary alicyclic amines) is 1. The van der Waals surface area contributed by atoms with Crippen molar-refractivity contribution in [1.82, 2.24) is 4.90 Å². The molecule has 1 amide bonds. The summed E-state index contributed by atoms with van der Waals surface area (Å²) in [5, 5.41) is 0. The number of hydrogen-bond donors (Lipinski definition) is 0. The highest BCUT2D eigenvalue weighted by atomic mass is 16.5. The molecule has 6 nitrogen and oxygen atoms in total. The van der Waals surface area contributed by atoms with E-state index in [0.29, 0.717) is 18.0 Å². The zero-order chi connectivity index (χ0) is 20.8. The van der Waals surface area contributed by atoms with Crippen LogP contribution in [0.15, 0.2) is 42.5 Å². The maximum atomic E-state index is 13.0. The normalized spacial score (nSPS) is 16.1. The van der Waals surface area contributed by atoms with Gasteiger partial charge in [0, 0.05) is 35.9 Å². The van der Waals surface area contributed by atoms with Crippen molar-refractivity contribution in [3.63, 3.8) is 0 Å². The summed E-state index contributed by atoms with van der Waals surface area (Å²) in [4.78, 5) is 14.8. The number of nitrogens with zero attached hydrogens (tertiary/aromatic N) is 1. The molecule has 0 N–H and O–H groups in total. The molecular formula is C23H27NO5. The van der Waals surface area contributed by atoms with Gasteiger partial charge in [-0.25, -0.2) is 0 Å². The molecule has 1 saturated heterocycles. The molecule has 0 spiro atoms. The maximum Gasteiger partial charge on any atom is 0.247 e. The van der Waals surface area contributed by atoms with E-state index in [0.717, 1.165) is 35.5 Å². The fourth-order valence-electron chi connectivity index (χ4n) is 3.66. The quantitative estimate of drug-likeness (QED) is 0.659. The van der Waals surface area contributed by atoms with E-state index in [-0.39, 0.29) is 11.9 Å². The van der Waals surface area contributed by atoms with Crippen LogP contribution in [0.25, 0.3) is 6.08 Å². The zero-order valence-electron chi connectivity index (χ0n) is 17.3. The summed E-state index contributed by atoms with van der Waals surface area (Å²) in [5.74, 6) is 2.78. The van der Waals surface area contributed by atoms with Gasteiger partial charge in [-0.2, -0.15) is 0 Å². The van der Waals surface area contributed by atoms with Gasteiger partial charge >= 0.3 is 0 Å². The van der Waals surface area contributed by atoms with Crippen LogP contribution < -0.4 is 18.9 Å². The van der Waals surface area contributed by atoms with Crippen LogP contribution in [-0.4, -0.2) is 45.8 Å². The third kappa shape index (κ3) is 4.47. The molecule has 1 heterocycles. The van der Waals surface area contributed by atoms with Crippen molar-refractivity contribution in [1.29, 1.82) is 0 Å². The van der Waals surface area contributed by atoms with E-state index >= 15 is 0 Å². The zero-order valence-corrected chi connectivity index (χ0v) is 17.3. The van der Waals surface area contributed by atoms with E-state index in [9.17, 15) is 4.79 Å². The van der Waals surface area contributed by atoms with Crippen LogP contribution in [0.2, 0.25) is 0 Å². The van der Waals surface area contributed by atoms with E-state index in [1.165, 1.54) is 0 Å². The van der Waals surface area contributed by atoms with Crippen LogP contribution in [0.5, 0.6) is 23.0 Å². The minimum Gasteiger partial charge on any atom is -0.497 e.